The fourth-order valence-electron chi connectivity index (χ4n) is 1.79. The molecule has 5 heteroatoms. The van der Waals surface area contributed by atoms with Crippen molar-refractivity contribution < 1.29 is 9.18 Å². The van der Waals surface area contributed by atoms with E-state index in [0.29, 0.717) is 23.7 Å². The summed E-state index contributed by atoms with van der Waals surface area (Å²) in [7, 11) is 0. The van der Waals surface area contributed by atoms with Crippen molar-refractivity contribution in [3.63, 3.8) is 0 Å². The lowest BCUT2D eigenvalue weighted by Gasteiger charge is -2.07. The summed E-state index contributed by atoms with van der Waals surface area (Å²) in [4.78, 5) is 10.9. The smallest absolute Gasteiger partial charge is 0.248 e. The van der Waals surface area contributed by atoms with Crippen LogP contribution in [-0.2, 0) is 13.1 Å². The highest BCUT2D eigenvalue weighted by Gasteiger charge is 2.06. The largest absolute Gasteiger partial charge is 0.366 e. The highest BCUT2D eigenvalue weighted by Crippen LogP contribution is 2.12. The van der Waals surface area contributed by atoms with Gasteiger partial charge in [-0.3, -0.25) is 4.79 Å². The monoisotopic (exact) mass is 292 g/mol. The molecule has 1 amide bonds. The van der Waals surface area contributed by atoms with Crippen LogP contribution in [0.4, 0.5) is 4.39 Å². The van der Waals surface area contributed by atoms with Crippen LogP contribution >= 0.6 is 11.6 Å². The van der Waals surface area contributed by atoms with Crippen LogP contribution < -0.4 is 11.1 Å². The second kappa shape index (κ2) is 6.50. The van der Waals surface area contributed by atoms with Crippen LogP contribution in [0.1, 0.15) is 21.5 Å². The molecule has 2 rings (SSSR count). The zero-order valence-electron chi connectivity index (χ0n) is 10.7. The number of nitrogens with two attached hydrogens (primary N) is 1. The van der Waals surface area contributed by atoms with Gasteiger partial charge in [-0.1, -0.05) is 29.8 Å². The van der Waals surface area contributed by atoms with Gasteiger partial charge in [-0.2, -0.15) is 0 Å². The molecule has 2 aromatic carbocycles. The molecule has 2 aromatic rings. The van der Waals surface area contributed by atoms with Crippen molar-refractivity contribution in [3.05, 3.63) is 70.0 Å². The fraction of sp³-hybridized carbons (Fsp3) is 0.133. The number of rotatable bonds is 5. The quantitative estimate of drug-likeness (QED) is 0.890. The molecule has 0 saturated heterocycles. The third-order valence-corrected chi connectivity index (χ3v) is 3.15. The van der Waals surface area contributed by atoms with Gasteiger partial charge in [0.05, 0.1) is 0 Å². The van der Waals surface area contributed by atoms with Crippen LogP contribution in [0.2, 0.25) is 5.02 Å². The Hall–Kier alpha value is -1.91. The molecule has 0 saturated carbocycles. The Bertz CT molecular complexity index is 614. The zero-order valence-corrected chi connectivity index (χ0v) is 11.5. The van der Waals surface area contributed by atoms with E-state index in [1.165, 1.54) is 6.07 Å². The molecule has 0 aliphatic carbocycles. The predicted octanol–water partition coefficient (Wildman–Crippen LogP) is 2.87. The Morgan fingerprint density at radius 3 is 2.45 bits per heavy atom. The summed E-state index contributed by atoms with van der Waals surface area (Å²) in [6, 6.07) is 11.7. The van der Waals surface area contributed by atoms with E-state index in [1.54, 1.807) is 18.2 Å². The Balaban J connectivity index is 1.94. The highest BCUT2D eigenvalue weighted by molar-refractivity contribution is 6.30. The number of amides is 1. The summed E-state index contributed by atoms with van der Waals surface area (Å²) in [6.45, 7) is 0.974. The normalized spacial score (nSPS) is 10.5. The van der Waals surface area contributed by atoms with E-state index >= 15 is 0 Å². The van der Waals surface area contributed by atoms with Gasteiger partial charge in [-0.25, -0.2) is 4.39 Å². The van der Waals surface area contributed by atoms with Crippen molar-refractivity contribution in [3.8, 4) is 0 Å². The van der Waals surface area contributed by atoms with Crippen molar-refractivity contribution in [2.45, 2.75) is 13.1 Å². The third kappa shape index (κ3) is 3.79. The molecule has 0 aromatic heterocycles. The van der Waals surface area contributed by atoms with E-state index < -0.39 is 11.7 Å². The topological polar surface area (TPSA) is 55.1 Å². The maximum atomic E-state index is 13.7. The minimum atomic E-state index is -0.635. The number of carbonyl (C=O) groups is 1. The standard InChI is InChI=1S/C15H14ClFN2O/c16-13-5-1-10(2-6-13)8-19-9-12-4-3-11(15(18)20)7-14(12)17/h1-7,19H,8-9H2,(H2,18,20). The number of hydrogen-bond donors (Lipinski definition) is 2. The molecule has 0 atom stereocenters. The van der Waals surface area contributed by atoms with E-state index in [2.05, 4.69) is 5.32 Å². The molecule has 0 fully saturated rings. The lowest BCUT2D eigenvalue weighted by molar-refractivity contribution is 0.1000. The number of hydrogen-bond acceptors (Lipinski definition) is 2. The summed E-state index contributed by atoms with van der Waals surface area (Å²) >= 11 is 5.79. The highest BCUT2D eigenvalue weighted by atomic mass is 35.5. The first-order chi connectivity index (χ1) is 9.56. The SMILES string of the molecule is NC(=O)c1ccc(CNCc2ccc(Cl)cc2)c(F)c1. The van der Waals surface area contributed by atoms with Crippen molar-refractivity contribution in [2.24, 2.45) is 5.73 Å². The number of halogens is 2. The van der Waals surface area contributed by atoms with Gasteiger partial charge in [0.15, 0.2) is 0 Å². The van der Waals surface area contributed by atoms with E-state index in [9.17, 15) is 9.18 Å². The number of benzene rings is 2. The van der Waals surface area contributed by atoms with Crippen molar-refractivity contribution in [2.75, 3.05) is 0 Å². The Morgan fingerprint density at radius 2 is 1.85 bits per heavy atom. The first-order valence-electron chi connectivity index (χ1n) is 6.09. The maximum Gasteiger partial charge on any atom is 0.248 e. The van der Waals surface area contributed by atoms with Crippen LogP contribution in [0.5, 0.6) is 0 Å². The second-order valence-corrected chi connectivity index (χ2v) is 4.84. The molecule has 0 spiro atoms. The van der Waals surface area contributed by atoms with Gasteiger partial charge >= 0.3 is 0 Å². The summed E-state index contributed by atoms with van der Waals surface area (Å²) in [5, 5.41) is 3.81. The molecule has 0 bridgehead atoms. The molecule has 20 heavy (non-hydrogen) atoms. The van der Waals surface area contributed by atoms with E-state index in [0.717, 1.165) is 11.6 Å². The molecular formula is C15H14ClFN2O. The van der Waals surface area contributed by atoms with Gasteiger partial charge in [0.25, 0.3) is 0 Å². The first-order valence-corrected chi connectivity index (χ1v) is 6.47. The molecule has 3 nitrogen and oxygen atoms in total. The molecule has 0 aliphatic rings. The summed E-state index contributed by atoms with van der Waals surface area (Å²) in [5.41, 5.74) is 6.81. The Morgan fingerprint density at radius 1 is 1.15 bits per heavy atom. The van der Waals surface area contributed by atoms with Crippen LogP contribution in [-0.4, -0.2) is 5.91 Å². The maximum absolute atomic E-state index is 13.7. The van der Waals surface area contributed by atoms with Gasteiger partial charge in [-0.05, 0) is 29.8 Å². The molecule has 0 aliphatic heterocycles. The molecule has 0 unspecified atom stereocenters. The molecule has 0 radical (unpaired) electrons. The number of carbonyl (C=O) groups excluding carboxylic acids is 1. The minimum Gasteiger partial charge on any atom is -0.366 e. The van der Waals surface area contributed by atoms with Crippen LogP contribution in [0.3, 0.4) is 0 Å². The van der Waals surface area contributed by atoms with Gasteiger partial charge in [0.1, 0.15) is 5.82 Å². The second-order valence-electron chi connectivity index (χ2n) is 4.40. The lowest BCUT2D eigenvalue weighted by atomic mass is 10.1. The third-order valence-electron chi connectivity index (χ3n) is 2.90. The van der Waals surface area contributed by atoms with Crippen LogP contribution in [0.15, 0.2) is 42.5 Å². The van der Waals surface area contributed by atoms with Gasteiger partial charge < -0.3 is 11.1 Å². The van der Waals surface area contributed by atoms with Gasteiger partial charge in [0, 0.05) is 29.2 Å². The molecule has 3 N–H and O–H groups in total. The number of nitrogens with one attached hydrogen (secondary N) is 1. The minimum absolute atomic E-state index is 0.170. The van der Waals surface area contributed by atoms with E-state index in [1.807, 2.05) is 12.1 Å². The average Bonchev–Trinajstić information content (AvgIpc) is 2.42. The number of primary amides is 1. The van der Waals surface area contributed by atoms with Gasteiger partial charge in [0.2, 0.25) is 5.91 Å². The van der Waals surface area contributed by atoms with Crippen LogP contribution in [0, 0.1) is 5.82 Å². The van der Waals surface area contributed by atoms with Crippen molar-refractivity contribution in [1.82, 2.24) is 5.32 Å². The molecule has 104 valence electrons. The summed E-state index contributed by atoms with van der Waals surface area (Å²) < 4.78 is 13.7. The summed E-state index contributed by atoms with van der Waals surface area (Å²) in [6.07, 6.45) is 0. The lowest BCUT2D eigenvalue weighted by Crippen LogP contribution is -2.15. The Labute approximate surface area is 121 Å². The summed E-state index contributed by atoms with van der Waals surface area (Å²) in [5.74, 6) is -1.07. The Kier molecular flexibility index (Phi) is 4.71. The van der Waals surface area contributed by atoms with Crippen LogP contribution in [0.25, 0.3) is 0 Å². The van der Waals surface area contributed by atoms with Gasteiger partial charge in [-0.15, -0.1) is 0 Å². The van der Waals surface area contributed by atoms with E-state index in [-0.39, 0.29) is 5.56 Å². The zero-order chi connectivity index (χ0) is 14.5. The first kappa shape index (κ1) is 14.5. The predicted molar refractivity (Wildman–Crippen MR) is 76.9 cm³/mol. The fourth-order valence-corrected chi connectivity index (χ4v) is 1.91. The van der Waals surface area contributed by atoms with Crippen molar-refractivity contribution in [1.29, 1.82) is 0 Å². The molecular weight excluding hydrogens is 279 g/mol. The van der Waals surface area contributed by atoms with Crippen molar-refractivity contribution >= 4 is 17.5 Å². The average molecular weight is 293 g/mol. The van der Waals surface area contributed by atoms with E-state index in [4.69, 9.17) is 17.3 Å². The molecule has 0 heterocycles.